The van der Waals surface area contributed by atoms with Gasteiger partial charge in [-0.2, -0.15) is 4.68 Å². The summed E-state index contributed by atoms with van der Waals surface area (Å²) in [7, 11) is 3.28. The molecule has 1 saturated heterocycles. The van der Waals surface area contributed by atoms with Gasteiger partial charge >= 0.3 is 6.09 Å². The number of tetrazole rings is 1. The molecule has 1 unspecified atom stereocenters. The Kier molecular flexibility index (Phi) is 10.5. The van der Waals surface area contributed by atoms with E-state index in [4.69, 9.17) is 23.2 Å². The van der Waals surface area contributed by atoms with Gasteiger partial charge in [-0.3, -0.25) is 14.9 Å². The number of amides is 3. The molecule has 2 N–H and O–H groups in total. The summed E-state index contributed by atoms with van der Waals surface area (Å²) in [6, 6.07) is 12.8. The van der Waals surface area contributed by atoms with Crippen LogP contribution >= 0.6 is 23.2 Å². The number of ether oxygens (including phenoxy) is 1. The summed E-state index contributed by atoms with van der Waals surface area (Å²) in [4.78, 5) is 42.3. The number of rotatable bonds is 9. The van der Waals surface area contributed by atoms with E-state index in [-0.39, 0.29) is 17.5 Å². The molecule has 2 aromatic carbocycles. The van der Waals surface area contributed by atoms with Crippen LogP contribution in [0, 0.1) is 0 Å². The Bertz CT molecular complexity index is 1730. The standard InChI is InChI=1S/C30H30Cl2N10O4/c1-40-11-13-41(14-12-40)28(44)17-25(35-27(43)10-5-20-15-21(31)6-9-26(20)42-18-33-38-39-42)23-16-24(36-37-29(23)32)19-3-7-22(8-4-19)34-30(45)46-2/h3-10,15-16,18,25H,11-14,17H2,1-2H3,(H,34,45)(H,35,43)/b10-5+. The molecule has 0 spiro atoms. The first-order chi connectivity index (χ1) is 22.2. The lowest BCUT2D eigenvalue weighted by Gasteiger charge is -2.33. The maximum atomic E-state index is 13.5. The predicted molar refractivity (Wildman–Crippen MR) is 171 cm³/mol. The summed E-state index contributed by atoms with van der Waals surface area (Å²) in [5, 5.41) is 25.6. The van der Waals surface area contributed by atoms with Crippen molar-refractivity contribution in [2.45, 2.75) is 12.5 Å². The van der Waals surface area contributed by atoms with Gasteiger partial charge in [0.1, 0.15) is 6.33 Å². The van der Waals surface area contributed by atoms with Crippen LogP contribution in [-0.4, -0.2) is 98.4 Å². The molecular weight excluding hydrogens is 635 g/mol. The molecular formula is C30H30Cl2N10O4. The van der Waals surface area contributed by atoms with Gasteiger partial charge in [-0.05, 0) is 59.9 Å². The summed E-state index contributed by atoms with van der Waals surface area (Å²) in [5.41, 5.74) is 3.28. The fraction of sp³-hybridized carbons (Fsp3) is 0.267. The van der Waals surface area contributed by atoms with Crippen LogP contribution in [0.3, 0.4) is 0 Å². The van der Waals surface area contributed by atoms with E-state index in [1.54, 1.807) is 59.5 Å². The normalized spacial score (nSPS) is 14.2. The van der Waals surface area contributed by atoms with Crippen molar-refractivity contribution < 1.29 is 19.1 Å². The summed E-state index contributed by atoms with van der Waals surface area (Å²) < 4.78 is 6.08. The van der Waals surface area contributed by atoms with Crippen molar-refractivity contribution in [2.75, 3.05) is 45.7 Å². The predicted octanol–water partition coefficient (Wildman–Crippen LogP) is 3.64. The Morgan fingerprint density at radius 1 is 1.02 bits per heavy atom. The van der Waals surface area contributed by atoms with E-state index in [1.807, 2.05) is 7.05 Å². The molecule has 1 atom stereocenters. The van der Waals surface area contributed by atoms with Crippen LogP contribution in [0.4, 0.5) is 10.5 Å². The minimum Gasteiger partial charge on any atom is -0.453 e. The number of hydrogen-bond donors (Lipinski definition) is 2. The fourth-order valence-electron chi connectivity index (χ4n) is 4.79. The second-order valence-corrected chi connectivity index (χ2v) is 11.2. The van der Waals surface area contributed by atoms with Gasteiger partial charge in [-0.1, -0.05) is 35.3 Å². The SMILES string of the molecule is COC(=O)Nc1ccc(-c2cc(C(CC(=O)N3CCN(C)CC3)NC(=O)/C=C/c3cc(Cl)ccc3-n3cnnn3)c(Cl)nn2)cc1. The minimum atomic E-state index is -0.829. The first-order valence-electron chi connectivity index (χ1n) is 14.2. The van der Waals surface area contributed by atoms with Crippen LogP contribution in [0.25, 0.3) is 23.0 Å². The Hall–Kier alpha value is -4.92. The number of aromatic nitrogens is 6. The summed E-state index contributed by atoms with van der Waals surface area (Å²) in [6.45, 7) is 2.64. The molecule has 0 aliphatic carbocycles. The average Bonchev–Trinajstić information content (AvgIpc) is 3.59. The Balaban J connectivity index is 1.41. The molecule has 4 aromatic rings. The van der Waals surface area contributed by atoms with Crippen molar-refractivity contribution in [3.05, 3.63) is 82.2 Å². The third-order valence-electron chi connectivity index (χ3n) is 7.31. The van der Waals surface area contributed by atoms with Crippen molar-refractivity contribution in [3.63, 3.8) is 0 Å². The van der Waals surface area contributed by atoms with E-state index in [1.165, 1.54) is 24.2 Å². The van der Waals surface area contributed by atoms with E-state index in [0.29, 0.717) is 51.9 Å². The molecule has 3 amide bonds. The third-order valence-corrected chi connectivity index (χ3v) is 7.84. The van der Waals surface area contributed by atoms with Gasteiger partial charge in [0.25, 0.3) is 0 Å². The number of hydrogen-bond acceptors (Lipinski definition) is 10. The highest BCUT2D eigenvalue weighted by molar-refractivity contribution is 6.31. The van der Waals surface area contributed by atoms with Gasteiger partial charge in [0.2, 0.25) is 11.8 Å². The Morgan fingerprint density at radius 3 is 2.48 bits per heavy atom. The molecule has 5 rings (SSSR count). The maximum absolute atomic E-state index is 13.5. The lowest BCUT2D eigenvalue weighted by atomic mass is 10.0. The molecule has 3 heterocycles. The van der Waals surface area contributed by atoms with Crippen molar-refractivity contribution in [1.29, 1.82) is 0 Å². The molecule has 0 bridgehead atoms. The zero-order valence-electron chi connectivity index (χ0n) is 24.9. The van der Waals surface area contributed by atoms with Gasteiger partial charge < -0.3 is 19.9 Å². The maximum Gasteiger partial charge on any atom is 0.411 e. The zero-order valence-corrected chi connectivity index (χ0v) is 26.4. The molecule has 2 aromatic heterocycles. The van der Waals surface area contributed by atoms with Crippen LogP contribution < -0.4 is 10.6 Å². The molecule has 46 heavy (non-hydrogen) atoms. The second kappa shape index (κ2) is 14.9. The highest BCUT2D eigenvalue weighted by Crippen LogP contribution is 2.29. The van der Waals surface area contributed by atoms with Crippen molar-refractivity contribution >= 4 is 52.9 Å². The number of halogens is 2. The molecule has 14 nitrogen and oxygen atoms in total. The Labute approximate surface area is 274 Å². The number of nitrogens with one attached hydrogen (secondary N) is 2. The molecule has 0 radical (unpaired) electrons. The quantitative estimate of drug-likeness (QED) is 0.253. The minimum absolute atomic E-state index is 0.0454. The second-order valence-electron chi connectivity index (χ2n) is 10.4. The Morgan fingerprint density at radius 2 is 1.78 bits per heavy atom. The van der Waals surface area contributed by atoms with Crippen LogP contribution in [0.15, 0.2) is 60.9 Å². The van der Waals surface area contributed by atoms with Crippen LogP contribution in [0.1, 0.15) is 23.6 Å². The van der Waals surface area contributed by atoms with Gasteiger partial charge in [0.15, 0.2) is 5.15 Å². The number of anilines is 1. The van der Waals surface area contributed by atoms with Crippen LogP contribution in [0.2, 0.25) is 10.2 Å². The van der Waals surface area contributed by atoms with Gasteiger partial charge in [-0.15, -0.1) is 15.3 Å². The monoisotopic (exact) mass is 664 g/mol. The number of piperazine rings is 1. The first kappa shape index (κ1) is 32.5. The highest BCUT2D eigenvalue weighted by atomic mass is 35.5. The molecule has 1 aliphatic heterocycles. The van der Waals surface area contributed by atoms with E-state index < -0.39 is 18.0 Å². The molecule has 0 saturated carbocycles. The number of likely N-dealkylation sites (N-methyl/N-ethyl adjacent to an activating group) is 1. The van der Waals surface area contributed by atoms with Crippen molar-refractivity contribution in [3.8, 4) is 16.9 Å². The van der Waals surface area contributed by atoms with Gasteiger partial charge in [0.05, 0.1) is 31.0 Å². The summed E-state index contributed by atoms with van der Waals surface area (Å²) in [5.74, 6) is -0.614. The molecule has 1 fully saturated rings. The smallest absolute Gasteiger partial charge is 0.411 e. The third kappa shape index (κ3) is 8.21. The van der Waals surface area contributed by atoms with E-state index in [0.717, 1.165) is 13.1 Å². The number of nitrogens with zero attached hydrogens (tertiary/aromatic N) is 8. The average molecular weight is 666 g/mol. The van der Waals surface area contributed by atoms with E-state index in [9.17, 15) is 14.4 Å². The van der Waals surface area contributed by atoms with E-state index >= 15 is 0 Å². The number of carbonyl (C=O) groups is 3. The summed E-state index contributed by atoms with van der Waals surface area (Å²) >= 11 is 12.8. The van der Waals surface area contributed by atoms with Crippen LogP contribution in [-0.2, 0) is 14.3 Å². The number of methoxy groups -OCH3 is 1. The van der Waals surface area contributed by atoms with Gasteiger partial charge in [-0.25, -0.2) is 4.79 Å². The molecule has 238 valence electrons. The van der Waals surface area contributed by atoms with E-state index in [2.05, 4.69) is 46.0 Å². The van der Waals surface area contributed by atoms with Crippen molar-refractivity contribution in [2.24, 2.45) is 0 Å². The first-order valence-corrected chi connectivity index (χ1v) is 14.9. The lowest BCUT2D eigenvalue weighted by Crippen LogP contribution is -2.48. The van der Waals surface area contributed by atoms with Crippen molar-refractivity contribution in [1.82, 2.24) is 45.5 Å². The summed E-state index contributed by atoms with van der Waals surface area (Å²) in [6.07, 6.45) is 3.70. The topological polar surface area (TPSA) is 160 Å². The van der Waals surface area contributed by atoms with Crippen LogP contribution in [0.5, 0.6) is 0 Å². The lowest BCUT2D eigenvalue weighted by molar-refractivity contribution is -0.133. The van der Waals surface area contributed by atoms with Gasteiger partial charge in [0, 0.05) is 59.7 Å². The molecule has 16 heteroatoms. The number of carbonyl (C=O) groups excluding carboxylic acids is 3. The molecule has 1 aliphatic rings. The number of benzene rings is 2. The largest absolute Gasteiger partial charge is 0.453 e. The fourth-order valence-corrected chi connectivity index (χ4v) is 5.20. The highest BCUT2D eigenvalue weighted by Gasteiger charge is 2.26. The zero-order chi connectivity index (χ0) is 32.6.